The van der Waals surface area contributed by atoms with Crippen LogP contribution in [0, 0.1) is 11.8 Å². The van der Waals surface area contributed by atoms with Crippen molar-refractivity contribution in [3.05, 3.63) is 45.6 Å². The zero-order chi connectivity index (χ0) is 15.2. The normalized spacial score (nSPS) is 12.8. The Morgan fingerprint density at radius 2 is 1.85 bits per heavy atom. The molecule has 0 aliphatic heterocycles. The molecule has 104 valence electrons. The number of ether oxygens (including phenoxy) is 1. The Morgan fingerprint density at radius 3 is 2.40 bits per heavy atom. The Hall–Kier alpha value is -0.931. The maximum atomic E-state index is 12.3. The molecule has 0 aliphatic carbocycles. The summed E-state index contributed by atoms with van der Waals surface area (Å²) in [5.41, 5.74) is 0.197. The van der Waals surface area contributed by atoms with E-state index in [0.29, 0.717) is 29.1 Å². The molecule has 1 rings (SSSR count). The van der Waals surface area contributed by atoms with Gasteiger partial charge in [0.05, 0.1) is 0 Å². The molecule has 0 saturated carbocycles. The molecule has 0 heterocycles. The molecule has 0 spiro atoms. The predicted molar refractivity (Wildman–Crippen MR) is 73.0 cm³/mol. The molecule has 0 saturated heterocycles. The summed E-state index contributed by atoms with van der Waals surface area (Å²) in [6, 6.07) is 9.54. The Balaban J connectivity index is 2.63. The first-order chi connectivity index (χ1) is 9.21. The van der Waals surface area contributed by atoms with Crippen molar-refractivity contribution in [1.82, 2.24) is 0 Å². The summed E-state index contributed by atoms with van der Waals surface area (Å²) in [7, 11) is 0. The van der Waals surface area contributed by atoms with Gasteiger partial charge in [0.15, 0.2) is 0 Å². The van der Waals surface area contributed by atoms with Crippen LogP contribution in [0.2, 0.25) is 0 Å². The fourth-order valence-electron chi connectivity index (χ4n) is 1.24. The number of benzene rings is 1. The van der Waals surface area contributed by atoms with Crippen LogP contribution in [0.15, 0.2) is 40.0 Å². The van der Waals surface area contributed by atoms with Gasteiger partial charge in [0.1, 0.15) is 0 Å². The molecule has 0 aromatic heterocycles. The van der Waals surface area contributed by atoms with Gasteiger partial charge in [0.2, 0.25) is 0 Å². The van der Waals surface area contributed by atoms with Crippen LogP contribution in [0.25, 0.3) is 0 Å². The SMILES string of the molecule is CC(C)(C#C/C=[C](\[Sn+])C(F)(F)F)OCc1ccccc1. The molecule has 5 heteroatoms. The molecule has 0 N–H and O–H groups in total. The molecule has 20 heavy (non-hydrogen) atoms. The predicted octanol–water partition coefficient (Wildman–Crippen LogP) is 3.60. The van der Waals surface area contributed by atoms with Gasteiger partial charge in [0.25, 0.3) is 0 Å². The van der Waals surface area contributed by atoms with Gasteiger partial charge in [0, 0.05) is 0 Å². The third-order valence-electron chi connectivity index (χ3n) is 2.34. The van der Waals surface area contributed by atoms with Crippen molar-refractivity contribution in [1.29, 1.82) is 0 Å². The Morgan fingerprint density at radius 1 is 1.25 bits per heavy atom. The number of alkyl halides is 3. The van der Waals surface area contributed by atoms with Gasteiger partial charge >= 0.3 is 130 Å². The Kier molecular flexibility index (Phi) is 6.15. The van der Waals surface area contributed by atoms with Crippen molar-refractivity contribution in [2.45, 2.75) is 32.2 Å². The minimum absolute atomic E-state index is 0.300. The van der Waals surface area contributed by atoms with E-state index in [1.54, 1.807) is 13.8 Å². The first-order valence-electron chi connectivity index (χ1n) is 5.90. The number of hydrogen-bond acceptors (Lipinski definition) is 1. The molecule has 0 amide bonds. The fraction of sp³-hybridized carbons (Fsp3) is 0.333. The van der Waals surface area contributed by atoms with E-state index in [9.17, 15) is 13.2 Å². The van der Waals surface area contributed by atoms with E-state index < -0.39 is 15.4 Å². The van der Waals surface area contributed by atoms with E-state index in [4.69, 9.17) is 4.74 Å². The standard InChI is InChI=1S/C15H14F3O.Sn/c1-14(2,10-6-7-11-15(16,17)18)19-12-13-8-4-3-5-9-13;/h3-5,7-9H,12H2,1-2H3;/q;+1. The van der Waals surface area contributed by atoms with E-state index in [1.807, 2.05) is 30.3 Å². The van der Waals surface area contributed by atoms with E-state index in [0.717, 1.165) is 11.6 Å². The zero-order valence-electron chi connectivity index (χ0n) is 11.2. The van der Waals surface area contributed by atoms with Crippen LogP contribution in [0.3, 0.4) is 0 Å². The average molecular weight is 386 g/mol. The molecule has 0 bridgehead atoms. The van der Waals surface area contributed by atoms with Crippen molar-refractivity contribution < 1.29 is 17.9 Å². The molecule has 0 fully saturated rings. The van der Waals surface area contributed by atoms with Gasteiger partial charge in [-0.05, 0) is 0 Å². The molecular weight excluding hydrogens is 372 g/mol. The summed E-state index contributed by atoms with van der Waals surface area (Å²) in [4.78, 5) is 0. The van der Waals surface area contributed by atoms with Gasteiger partial charge in [-0.15, -0.1) is 0 Å². The Bertz CT molecular complexity index is 522. The summed E-state index contributed by atoms with van der Waals surface area (Å²) < 4.78 is 41.9. The Labute approximate surface area is 130 Å². The molecule has 0 atom stereocenters. The van der Waals surface area contributed by atoms with Crippen LogP contribution >= 0.6 is 0 Å². The molecule has 0 unspecified atom stereocenters. The van der Waals surface area contributed by atoms with Crippen LogP contribution in [-0.4, -0.2) is 34.3 Å². The van der Waals surface area contributed by atoms with E-state index >= 15 is 0 Å². The third-order valence-corrected chi connectivity index (χ3v) is 3.56. The molecular formula is C15H14F3OSn+. The zero-order valence-corrected chi connectivity index (χ0v) is 14.1. The quantitative estimate of drug-likeness (QED) is 0.570. The second-order valence-electron chi connectivity index (χ2n) is 4.61. The number of allylic oxidation sites excluding steroid dienone is 2. The van der Waals surface area contributed by atoms with E-state index in [-0.39, 0.29) is 0 Å². The van der Waals surface area contributed by atoms with Gasteiger partial charge in [-0.1, -0.05) is 0 Å². The van der Waals surface area contributed by atoms with Crippen LogP contribution in [0.5, 0.6) is 0 Å². The number of halogens is 3. The second kappa shape index (κ2) is 7.18. The van der Waals surface area contributed by atoms with E-state index in [1.165, 1.54) is 0 Å². The monoisotopic (exact) mass is 387 g/mol. The third kappa shape index (κ3) is 6.49. The topological polar surface area (TPSA) is 9.23 Å². The first kappa shape index (κ1) is 17.1. The molecule has 1 aromatic carbocycles. The van der Waals surface area contributed by atoms with Gasteiger partial charge in [-0.2, -0.15) is 0 Å². The molecule has 0 aliphatic rings. The molecule has 1 nitrogen and oxygen atoms in total. The molecule has 2 radical (unpaired) electrons. The van der Waals surface area contributed by atoms with Crippen LogP contribution < -0.4 is 0 Å². The summed E-state index contributed by atoms with van der Waals surface area (Å²) >= 11 is 0.300. The average Bonchev–Trinajstić information content (AvgIpc) is 2.36. The second-order valence-corrected chi connectivity index (χ2v) is 6.15. The van der Waals surface area contributed by atoms with Crippen molar-refractivity contribution in [3.8, 4) is 11.8 Å². The van der Waals surface area contributed by atoms with Gasteiger partial charge < -0.3 is 0 Å². The van der Waals surface area contributed by atoms with Crippen LogP contribution in [0.1, 0.15) is 19.4 Å². The first-order valence-corrected chi connectivity index (χ1v) is 7.33. The van der Waals surface area contributed by atoms with Crippen molar-refractivity contribution in [2.24, 2.45) is 0 Å². The van der Waals surface area contributed by atoms with Gasteiger partial charge in [-0.25, -0.2) is 0 Å². The van der Waals surface area contributed by atoms with Crippen LogP contribution in [0.4, 0.5) is 13.2 Å². The maximum absolute atomic E-state index is 12.3. The van der Waals surface area contributed by atoms with Crippen LogP contribution in [-0.2, 0) is 11.3 Å². The summed E-state index contributed by atoms with van der Waals surface area (Å²) in [5.74, 6) is 5.13. The van der Waals surface area contributed by atoms with Crippen molar-refractivity contribution in [2.75, 3.05) is 0 Å². The minimum atomic E-state index is -4.29. The van der Waals surface area contributed by atoms with Crippen molar-refractivity contribution in [3.63, 3.8) is 0 Å². The van der Waals surface area contributed by atoms with E-state index in [2.05, 4.69) is 11.8 Å². The summed E-state index contributed by atoms with van der Waals surface area (Å²) in [6.45, 7) is 3.83. The summed E-state index contributed by atoms with van der Waals surface area (Å²) in [6.07, 6.45) is -3.38. The summed E-state index contributed by atoms with van der Waals surface area (Å²) in [5, 5.41) is 0. The molecule has 1 aromatic rings. The fourth-order valence-corrected chi connectivity index (χ4v) is 1.44. The van der Waals surface area contributed by atoms with Gasteiger partial charge in [-0.3, -0.25) is 0 Å². The number of rotatable bonds is 3. The number of hydrogen-bond donors (Lipinski definition) is 0. The van der Waals surface area contributed by atoms with Crippen molar-refractivity contribution >= 4 is 22.5 Å².